The van der Waals surface area contributed by atoms with Crippen LogP contribution in [0.5, 0.6) is 0 Å². The van der Waals surface area contributed by atoms with Gasteiger partial charge in [0.1, 0.15) is 0 Å². The van der Waals surface area contributed by atoms with Crippen molar-refractivity contribution < 1.29 is 9.53 Å². The van der Waals surface area contributed by atoms with Gasteiger partial charge in [-0.25, -0.2) is 0 Å². The molecule has 0 radical (unpaired) electrons. The minimum Gasteiger partial charge on any atom is -0.466 e. The summed E-state index contributed by atoms with van der Waals surface area (Å²) >= 11 is 0. The fourth-order valence-electron chi connectivity index (χ4n) is 3.95. The molecule has 0 atom stereocenters. The Morgan fingerprint density at radius 2 is 2.00 bits per heavy atom. The summed E-state index contributed by atoms with van der Waals surface area (Å²) in [6.07, 6.45) is 7.89. The van der Waals surface area contributed by atoms with Crippen LogP contribution >= 0.6 is 24.0 Å². The number of aliphatic imine (C=N–C) groups is 1. The SMILES string of the molecule is CCOC(=O)C1CCC(NC(=NC)NCCCc2c[nH]c3ccccc23)CC1.I. The van der Waals surface area contributed by atoms with Gasteiger partial charge in [-0.05, 0) is 57.1 Å². The molecule has 1 saturated carbocycles. The highest BCUT2D eigenvalue weighted by Crippen LogP contribution is 2.25. The van der Waals surface area contributed by atoms with Crippen LogP contribution in [0.15, 0.2) is 35.5 Å². The van der Waals surface area contributed by atoms with E-state index in [-0.39, 0.29) is 35.9 Å². The average Bonchev–Trinajstić information content (AvgIpc) is 3.14. The van der Waals surface area contributed by atoms with Gasteiger partial charge >= 0.3 is 5.97 Å². The van der Waals surface area contributed by atoms with Crippen LogP contribution in [-0.4, -0.2) is 43.2 Å². The van der Waals surface area contributed by atoms with Crippen LogP contribution in [0.3, 0.4) is 0 Å². The predicted octanol–water partition coefficient (Wildman–Crippen LogP) is 4.01. The highest BCUT2D eigenvalue weighted by atomic mass is 127. The number of carbonyl (C=O) groups excluding carboxylic acids is 1. The van der Waals surface area contributed by atoms with Crippen LogP contribution < -0.4 is 10.6 Å². The summed E-state index contributed by atoms with van der Waals surface area (Å²) in [6.45, 7) is 3.20. The van der Waals surface area contributed by atoms with E-state index in [0.29, 0.717) is 12.6 Å². The number of fused-ring (bicyclic) bond motifs is 1. The van der Waals surface area contributed by atoms with E-state index in [9.17, 15) is 4.79 Å². The largest absolute Gasteiger partial charge is 0.466 e. The first-order valence-electron chi connectivity index (χ1n) is 10.4. The molecular formula is C22H33IN4O2. The fourth-order valence-corrected chi connectivity index (χ4v) is 3.95. The van der Waals surface area contributed by atoms with Crippen molar-refractivity contribution in [2.45, 2.75) is 51.5 Å². The molecular weight excluding hydrogens is 479 g/mol. The maximum Gasteiger partial charge on any atom is 0.308 e. The van der Waals surface area contributed by atoms with E-state index in [4.69, 9.17) is 4.74 Å². The molecule has 1 fully saturated rings. The molecule has 0 bridgehead atoms. The lowest BCUT2D eigenvalue weighted by molar-refractivity contribution is -0.149. The van der Waals surface area contributed by atoms with Crippen molar-refractivity contribution in [1.82, 2.24) is 15.6 Å². The second-order valence-electron chi connectivity index (χ2n) is 7.41. The highest BCUT2D eigenvalue weighted by Gasteiger charge is 2.27. The fraction of sp³-hybridized carbons (Fsp3) is 0.545. The summed E-state index contributed by atoms with van der Waals surface area (Å²) in [7, 11) is 1.80. The van der Waals surface area contributed by atoms with Crippen molar-refractivity contribution in [3.63, 3.8) is 0 Å². The summed E-state index contributed by atoms with van der Waals surface area (Å²) in [5.74, 6) is 0.864. The summed E-state index contributed by atoms with van der Waals surface area (Å²) in [5, 5.41) is 8.23. The third-order valence-corrected chi connectivity index (χ3v) is 5.50. The molecule has 3 N–H and O–H groups in total. The topological polar surface area (TPSA) is 78.5 Å². The zero-order valence-electron chi connectivity index (χ0n) is 17.4. The number of hydrogen-bond acceptors (Lipinski definition) is 3. The van der Waals surface area contributed by atoms with Crippen LogP contribution in [0.2, 0.25) is 0 Å². The van der Waals surface area contributed by atoms with Crippen molar-refractivity contribution in [1.29, 1.82) is 0 Å². The monoisotopic (exact) mass is 512 g/mol. The van der Waals surface area contributed by atoms with Crippen LogP contribution in [-0.2, 0) is 16.0 Å². The molecule has 2 aromatic rings. The van der Waals surface area contributed by atoms with Crippen LogP contribution in [0.25, 0.3) is 10.9 Å². The maximum atomic E-state index is 11.9. The standard InChI is InChI=1S/C22H32N4O2.HI/c1-3-28-21(27)16-10-12-18(13-11-16)26-22(23-2)24-14-6-7-17-15-25-20-9-5-4-8-19(17)20;/h4-5,8-9,15-16,18,25H,3,6-7,10-14H2,1-2H3,(H2,23,24,26);1H. The number of para-hydroxylation sites is 1. The molecule has 0 saturated heterocycles. The number of nitrogens with zero attached hydrogens (tertiary/aromatic N) is 1. The average molecular weight is 512 g/mol. The van der Waals surface area contributed by atoms with E-state index in [1.165, 1.54) is 16.5 Å². The van der Waals surface area contributed by atoms with Gasteiger partial charge in [0.05, 0.1) is 12.5 Å². The number of esters is 1. The molecule has 1 heterocycles. The van der Waals surface area contributed by atoms with Gasteiger partial charge in [-0.15, -0.1) is 24.0 Å². The van der Waals surface area contributed by atoms with E-state index in [1.54, 1.807) is 7.05 Å². The van der Waals surface area contributed by atoms with E-state index in [0.717, 1.165) is 51.0 Å². The lowest BCUT2D eigenvalue weighted by Gasteiger charge is -2.29. The van der Waals surface area contributed by atoms with Gasteiger partial charge in [0, 0.05) is 36.7 Å². The third-order valence-electron chi connectivity index (χ3n) is 5.50. The zero-order chi connectivity index (χ0) is 19.8. The predicted molar refractivity (Wildman–Crippen MR) is 129 cm³/mol. The van der Waals surface area contributed by atoms with Crippen molar-refractivity contribution in [3.05, 3.63) is 36.0 Å². The number of rotatable bonds is 7. The molecule has 7 heteroatoms. The van der Waals surface area contributed by atoms with Gasteiger partial charge in [0.15, 0.2) is 5.96 Å². The number of H-pyrrole nitrogens is 1. The van der Waals surface area contributed by atoms with Crippen molar-refractivity contribution >= 4 is 46.8 Å². The zero-order valence-corrected chi connectivity index (χ0v) is 19.7. The van der Waals surface area contributed by atoms with Gasteiger partial charge in [0.25, 0.3) is 0 Å². The Labute approximate surface area is 190 Å². The minimum atomic E-state index is -0.0410. The first-order chi connectivity index (χ1) is 13.7. The molecule has 6 nitrogen and oxygen atoms in total. The Hall–Kier alpha value is -1.77. The Morgan fingerprint density at radius 3 is 2.72 bits per heavy atom. The lowest BCUT2D eigenvalue weighted by Crippen LogP contribution is -2.45. The molecule has 0 spiro atoms. The number of nitrogens with one attached hydrogen (secondary N) is 3. The number of guanidine groups is 1. The van der Waals surface area contributed by atoms with Gasteiger partial charge in [-0.3, -0.25) is 9.79 Å². The Morgan fingerprint density at radius 1 is 1.24 bits per heavy atom. The van der Waals surface area contributed by atoms with E-state index in [2.05, 4.69) is 51.1 Å². The quantitative estimate of drug-likeness (QED) is 0.172. The van der Waals surface area contributed by atoms with Crippen molar-refractivity contribution in [2.24, 2.45) is 10.9 Å². The van der Waals surface area contributed by atoms with Crippen LogP contribution in [0.4, 0.5) is 0 Å². The Kier molecular flexibility index (Phi) is 9.76. The van der Waals surface area contributed by atoms with Gasteiger partial charge in [-0.2, -0.15) is 0 Å². The van der Waals surface area contributed by atoms with Crippen LogP contribution in [0.1, 0.15) is 44.6 Å². The molecule has 1 aromatic heterocycles. The van der Waals surface area contributed by atoms with E-state index in [1.807, 2.05) is 6.92 Å². The number of hydrogen-bond donors (Lipinski definition) is 3. The second-order valence-corrected chi connectivity index (χ2v) is 7.41. The normalized spacial score (nSPS) is 19.4. The number of aryl methyl sites for hydroxylation is 1. The highest BCUT2D eigenvalue weighted by molar-refractivity contribution is 14.0. The first-order valence-corrected chi connectivity index (χ1v) is 10.4. The maximum absolute atomic E-state index is 11.9. The Bertz CT molecular complexity index is 797. The van der Waals surface area contributed by atoms with Gasteiger partial charge in [0.2, 0.25) is 0 Å². The number of ether oxygens (including phenoxy) is 1. The molecule has 0 aliphatic heterocycles. The number of aromatic nitrogens is 1. The van der Waals surface area contributed by atoms with Gasteiger partial charge in [-0.1, -0.05) is 18.2 Å². The molecule has 3 rings (SSSR count). The van der Waals surface area contributed by atoms with Crippen LogP contribution in [0, 0.1) is 5.92 Å². The third kappa shape index (κ3) is 6.62. The summed E-state index contributed by atoms with van der Waals surface area (Å²) in [5.41, 5.74) is 2.55. The molecule has 29 heavy (non-hydrogen) atoms. The number of aromatic amines is 1. The van der Waals surface area contributed by atoms with Crippen molar-refractivity contribution in [2.75, 3.05) is 20.2 Å². The number of carbonyl (C=O) groups is 1. The smallest absolute Gasteiger partial charge is 0.308 e. The summed E-state index contributed by atoms with van der Waals surface area (Å²) in [6, 6.07) is 8.78. The summed E-state index contributed by atoms with van der Waals surface area (Å²) in [4.78, 5) is 19.5. The molecule has 1 aromatic carbocycles. The lowest BCUT2D eigenvalue weighted by atomic mass is 9.86. The minimum absolute atomic E-state index is 0. The summed E-state index contributed by atoms with van der Waals surface area (Å²) < 4.78 is 5.14. The Balaban J connectivity index is 0.00000300. The molecule has 1 aliphatic rings. The first kappa shape index (κ1) is 23.5. The van der Waals surface area contributed by atoms with Crippen molar-refractivity contribution in [3.8, 4) is 0 Å². The van der Waals surface area contributed by atoms with E-state index < -0.39 is 0 Å². The van der Waals surface area contributed by atoms with Gasteiger partial charge < -0.3 is 20.4 Å². The molecule has 1 aliphatic carbocycles. The molecule has 0 unspecified atom stereocenters. The molecule has 160 valence electrons. The number of halogens is 1. The molecule has 0 amide bonds. The number of benzene rings is 1. The second kappa shape index (κ2) is 12.0. The van der Waals surface area contributed by atoms with E-state index >= 15 is 0 Å².